The molecule has 0 rings (SSSR count). The van der Waals surface area contributed by atoms with Gasteiger partial charge >= 0.3 is 11.9 Å². The van der Waals surface area contributed by atoms with Crippen LogP contribution in [0.1, 0.15) is 0 Å². The van der Waals surface area contributed by atoms with E-state index >= 15 is 0 Å². The zero-order valence-corrected chi connectivity index (χ0v) is 7.92. The number of aliphatic carboxylic acids is 2. The molecule has 4 N–H and O–H groups in total. The molecule has 0 aliphatic carbocycles. The number of carboxylic acid groups (broad SMARTS) is 2. The van der Waals surface area contributed by atoms with Crippen molar-refractivity contribution in [1.82, 2.24) is 0 Å². The van der Waals surface area contributed by atoms with Gasteiger partial charge in [0.1, 0.15) is 0 Å². The lowest BCUT2D eigenvalue weighted by molar-refractivity contribution is -0.142. The number of hydrogen-bond acceptors (Lipinski definition) is 6. The molecule has 13 heavy (non-hydrogen) atoms. The molecule has 0 bridgehead atoms. The third-order valence-corrected chi connectivity index (χ3v) is 3.00. The molecule has 8 heteroatoms. The summed E-state index contributed by atoms with van der Waals surface area (Å²) >= 11 is 1.25. The normalized spacial score (nSPS) is 14.9. The molecular weight excluding hydrogens is 220 g/mol. The highest BCUT2D eigenvalue weighted by Gasteiger charge is 2.17. The summed E-state index contributed by atoms with van der Waals surface area (Å²) < 4.78 is 0. The third-order valence-electron chi connectivity index (χ3n) is 0.874. The van der Waals surface area contributed by atoms with Crippen LogP contribution in [0.15, 0.2) is 0 Å². The lowest BCUT2D eigenvalue weighted by Gasteiger charge is -2.06. The zero-order valence-electron chi connectivity index (χ0n) is 6.28. The molecule has 0 heterocycles. The minimum atomic E-state index is -1.59. The van der Waals surface area contributed by atoms with Gasteiger partial charge in [-0.05, 0) is 0 Å². The van der Waals surface area contributed by atoms with Gasteiger partial charge in [-0.2, -0.15) is 0 Å². The predicted molar refractivity (Wildman–Crippen MR) is 47.3 cm³/mol. The number of aliphatic hydroxyl groups excluding tert-OH is 2. The van der Waals surface area contributed by atoms with Crippen LogP contribution in [0.4, 0.5) is 0 Å². The topological polar surface area (TPSA) is 115 Å². The minimum Gasteiger partial charge on any atom is -0.479 e. The Morgan fingerprint density at radius 3 is 1.54 bits per heavy atom. The summed E-state index contributed by atoms with van der Waals surface area (Å²) in [6, 6.07) is 0. The van der Waals surface area contributed by atoms with Crippen molar-refractivity contribution >= 4 is 35.5 Å². The van der Waals surface area contributed by atoms with Gasteiger partial charge in [0.25, 0.3) is 0 Å². The summed E-state index contributed by atoms with van der Waals surface area (Å²) in [4.78, 5) is 20.1. The Bertz CT molecular complexity index is 175. The van der Waals surface area contributed by atoms with Gasteiger partial charge in [0.05, 0.1) is 0 Å². The molecule has 0 saturated carbocycles. The van der Waals surface area contributed by atoms with Crippen molar-refractivity contribution in [3.05, 3.63) is 0 Å². The van der Waals surface area contributed by atoms with E-state index in [0.29, 0.717) is 23.5 Å². The van der Waals surface area contributed by atoms with Crippen molar-refractivity contribution in [2.75, 3.05) is 5.08 Å². The number of hydrogen-bond donors (Lipinski definition) is 4. The van der Waals surface area contributed by atoms with Crippen LogP contribution in [0, 0.1) is 0 Å². The first kappa shape index (κ1) is 12.6. The Balaban J connectivity index is 3.56. The highest BCUT2D eigenvalue weighted by molar-refractivity contribution is 8.16. The van der Waals surface area contributed by atoms with E-state index in [4.69, 9.17) is 20.4 Å². The van der Waals surface area contributed by atoms with Gasteiger partial charge in [-0.1, -0.05) is 0 Å². The second-order valence-corrected chi connectivity index (χ2v) is 4.33. The average Bonchev–Trinajstić information content (AvgIpc) is 2.03. The Morgan fingerprint density at radius 1 is 1.00 bits per heavy atom. The molecule has 0 aliphatic rings. The molecule has 0 amide bonds. The Hall–Kier alpha value is -0.440. The monoisotopic (exact) mass is 228 g/mol. The quantitative estimate of drug-likeness (QED) is 0.437. The molecule has 0 fully saturated rings. The van der Waals surface area contributed by atoms with Gasteiger partial charge in [0, 0.05) is 5.08 Å². The summed E-state index contributed by atoms with van der Waals surface area (Å²) in [7, 11) is 0. The number of thioether (sulfide) groups is 2. The highest BCUT2D eigenvalue weighted by Crippen LogP contribution is 2.19. The predicted octanol–water partition coefficient (Wildman–Crippen LogP) is -0.784. The molecule has 0 radical (unpaired) electrons. The maximum absolute atomic E-state index is 10.0. The van der Waals surface area contributed by atoms with E-state index in [9.17, 15) is 9.59 Å². The molecule has 0 saturated heterocycles. The van der Waals surface area contributed by atoms with Crippen molar-refractivity contribution in [1.29, 1.82) is 0 Å². The van der Waals surface area contributed by atoms with Gasteiger partial charge in [-0.3, -0.25) is 0 Å². The van der Waals surface area contributed by atoms with E-state index < -0.39 is 22.8 Å². The largest absolute Gasteiger partial charge is 0.479 e. The van der Waals surface area contributed by atoms with E-state index in [1.165, 1.54) is 0 Å². The van der Waals surface area contributed by atoms with E-state index in [1.807, 2.05) is 0 Å². The fourth-order valence-corrected chi connectivity index (χ4v) is 1.94. The molecule has 0 spiro atoms. The number of carbonyl (C=O) groups is 2. The summed E-state index contributed by atoms with van der Waals surface area (Å²) in [5.74, 6) is -2.79. The maximum atomic E-state index is 10.0. The van der Waals surface area contributed by atoms with Crippen molar-refractivity contribution in [3.63, 3.8) is 0 Å². The van der Waals surface area contributed by atoms with Crippen molar-refractivity contribution in [3.8, 4) is 0 Å². The van der Waals surface area contributed by atoms with Crippen LogP contribution in [0.3, 0.4) is 0 Å². The fraction of sp³-hybridized carbons (Fsp3) is 0.600. The summed E-state index contributed by atoms with van der Waals surface area (Å²) in [5, 5.41) is 33.8. The molecule has 0 aliphatic heterocycles. The number of carboxylic acids is 2. The smallest absolute Gasteiger partial charge is 0.343 e. The SMILES string of the molecule is O=C(O)[C@@H](O)SCS[C@H](O)C(=O)O. The van der Waals surface area contributed by atoms with Crippen LogP contribution in [0.2, 0.25) is 0 Å². The first-order valence-corrected chi connectivity index (χ1v) is 5.10. The minimum absolute atomic E-state index is 0.0130. The van der Waals surface area contributed by atoms with Crippen LogP contribution in [-0.4, -0.2) is 48.3 Å². The molecule has 2 atom stereocenters. The van der Waals surface area contributed by atoms with Gasteiger partial charge in [0.2, 0.25) is 0 Å². The summed E-state index contributed by atoms with van der Waals surface area (Å²) in [5.41, 5.74) is -3.18. The van der Waals surface area contributed by atoms with Crippen LogP contribution >= 0.6 is 23.5 Å². The first-order valence-electron chi connectivity index (χ1n) is 3.00. The van der Waals surface area contributed by atoms with Crippen LogP contribution < -0.4 is 0 Å². The van der Waals surface area contributed by atoms with Gasteiger partial charge < -0.3 is 20.4 Å². The van der Waals surface area contributed by atoms with E-state index in [1.54, 1.807) is 0 Å². The van der Waals surface area contributed by atoms with Gasteiger partial charge in [-0.25, -0.2) is 9.59 Å². The lowest BCUT2D eigenvalue weighted by Crippen LogP contribution is -2.18. The summed E-state index contributed by atoms with van der Waals surface area (Å²) in [6.45, 7) is 0. The van der Waals surface area contributed by atoms with E-state index in [-0.39, 0.29) is 5.08 Å². The number of rotatable bonds is 6. The van der Waals surface area contributed by atoms with Crippen molar-refractivity contribution in [2.45, 2.75) is 10.9 Å². The molecule has 6 nitrogen and oxygen atoms in total. The molecular formula is C5H8O6S2. The molecule has 0 aromatic carbocycles. The van der Waals surface area contributed by atoms with Gasteiger partial charge in [-0.15, -0.1) is 23.5 Å². The maximum Gasteiger partial charge on any atom is 0.343 e. The second kappa shape index (κ2) is 6.08. The summed E-state index contributed by atoms with van der Waals surface area (Å²) in [6.07, 6.45) is 0. The standard InChI is InChI=1S/C5H8O6S2/c6-2(7)4(10)12-1-13-5(11)3(8)9/h4-5,10-11H,1H2,(H,6,7)(H,8,9)/t4-,5-/m0/s1. The van der Waals surface area contributed by atoms with Gasteiger partial charge in [0.15, 0.2) is 10.9 Å². The molecule has 76 valence electrons. The zero-order chi connectivity index (χ0) is 10.4. The van der Waals surface area contributed by atoms with Crippen LogP contribution in [-0.2, 0) is 9.59 Å². The van der Waals surface area contributed by atoms with Crippen LogP contribution in [0.25, 0.3) is 0 Å². The highest BCUT2D eigenvalue weighted by atomic mass is 32.2. The van der Waals surface area contributed by atoms with Crippen molar-refractivity contribution < 1.29 is 30.0 Å². The fourth-order valence-electron chi connectivity index (χ4n) is 0.311. The van der Waals surface area contributed by atoms with E-state index in [2.05, 4.69) is 0 Å². The van der Waals surface area contributed by atoms with Crippen LogP contribution in [0.5, 0.6) is 0 Å². The lowest BCUT2D eigenvalue weighted by atomic mass is 10.7. The molecule has 0 aromatic rings. The Morgan fingerprint density at radius 2 is 1.31 bits per heavy atom. The molecule has 0 aromatic heterocycles. The third kappa shape index (κ3) is 5.75. The van der Waals surface area contributed by atoms with Crippen molar-refractivity contribution in [2.24, 2.45) is 0 Å². The number of aliphatic hydroxyl groups is 2. The molecule has 0 unspecified atom stereocenters. The van der Waals surface area contributed by atoms with E-state index in [0.717, 1.165) is 0 Å². The second-order valence-electron chi connectivity index (χ2n) is 1.83. The first-order chi connectivity index (χ1) is 5.95. The Kier molecular flexibility index (Phi) is 5.88. The Labute approximate surface area is 81.9 Å². The average molecular weight is 228 g/mol.